The van der Waals surface area contributed by atoms with E-state index >= 15 is 0 Å². The number of hydrogen-bond acceptors (Lipinski definition) is 4. The van der Waals surface area contributed by atoms with Crippen LogP contribution < -0.4 is 5.32 Å². The number of hydrogen-bond donors (Lipinski definition) is 1. The molecule has 20 heavy (non-hydrogen) atoms. The van der Waals surface area contributed by atoms with Gasteiger partial charge in [0.25, 0.3) is 5.91 Å². The Hall–Kier alpha value is -1.46. The zero-order valence-electron chi connectivity index (χ0n) is 12.4. The summed E-state index contributed by atoms with van der Waals surface area (Å²) >= 11 is 0. The SMILES string of the molecule is C[C@@H]1CN([C@@H](C)CNC(=O)c2ccncc2)C[C@H](C)O1. The summed E-state index contributed by atoms with van der Waals surface area (Å²) in [4.78, 5) is 18.3. The van der Waals surface area contributed by atoms with Crippen LogP contribution in [0, 0.1) is 0 Å². The smallest absolute Gasteiger partial charge is 0.251 e. The number of nitrogens with one attached hydrogen (secondary N) is 1. The van der Waals surface area contributed by atoms with E-state index in [1.807, 2.05) is 0 Å². The van der Waals surface area contributed by atoms with E-state index in [9.17, 15) is 4.79 Å². The van der Waals surface area contributed by atoms with Crippen LogP contribution in [0.25, 0.3) is 0 Å². The van der Waals surface area contributed by atoms with Gasteiger partial charge in [-0.2, -0.15) is 0 Å². The molecule has 1 aromatic heterocycles. The van der Waals surface area contributed by atoms with Crippen molar-refractivity contribution in [3.63, 3.8) is 0 Å². The summed E-state index contributed by atoms with van der Waals surface area (Å²) in [5.41, 5.74) is 0.649. The molecular weight excluding hydrogens is 254 g/mol. The lowest BCUT2D eigenvalue weighted by atomic mass is 10.1. The first kappa shape index (κ1) is 14.9. The normalized spacial score (nSPS) is 25.1. The van der Waals surface area contributed by atoms with Crippen molar-refractivity contribution in [2.75, 3.05) is 19.6 Å². The molecule has 1 N–H and O–H groups in total. The third kappa shape index (κ3) is 4.02. The Bertz CT molecular complexity index is 428. The number of ether oxygens (including phenoxy) is 1. The van der Waals surface area contributed by atoms with Gasteiger partial charge in [-0.05, 0) is 32.9 Å². The maximum atomic E-state index is 12.0. The molecule has 2 heterocycles. The zero-order valence-corrected chi connectivity index (χ0v) is 12.4. The fraction of sp³-hybridized carbons (Fsp3) is 0.600. The minimum Gasteiger partial charge on any atom is -0.373 e. The number of carbonyl (C=O) groups is 1. The maximum absolute atomic E-state index is 12.0. The molecule has 1 aliphatic heterocycles. The molecule has 0 saturated carbocycles. The summed E-state index contributed by atoms with van der Waals surface area (Å²) in [5, 5.41) is 2.98. The molecule has 0 aromatic carbocycles. The van der Waals surface area contributed by atoms with Crippen LogP contribution >= 0.6 is 0 Å². The van der Waals surface area contributed by atoms with Crippen LogP contribution in [-0.4, -0.2) is 53.7 Å². The van der Waals surface area contributed by atoms with E-state index in [4.69, 9.17) is 4.74 Å². The Balaban J connectivity index is 1.83. The lowest BCUT2D eigenvalue weighted by Crippen LogP contribution is -2.52. The first-order chi connectivity index (χ1) is 9.56. The van der Waals surface area contributed by atoms with E-state index in [0.717, 1.165) is 13.1 Å². The highest BCUT2D eigenvalue weighted by molar-refractivity contribution is 5.93. The minimum atomic E-state index is -0.0476. The molecule has 0 aliphatic carbocycles. The van der Waals surface area contributed by atoms with Crippen molar-refractivity contribution in [1.29, 1.82) is 0 Å². The van der Waals surface area contributed by atoms with Crippen LogP contribution in [0.15, 0.2) is 24.5 Å². The van der Waals surface area contributed by atoms with Gasteiger partial charge in [-0.25, -0.2) is 0 Å². The molecule has 1 fully saturated rings. The second kappa shape index (κ2) is 6.81. The van der Waals surface area contributed by atoms with Crippen LogP contribution in [0.5, 0.6) is 0 Å². The van der Waals surface area contributed by atoms with Crippen molar-refractivity contribution in [2.24, 2.45) is 0 Å². The number of amides is 1. The molecule has 1 aliphatic rings. The number of morpholine rings is 1. The standard InChI is InChI=1S/C15H23N3O2/c1-11(18-9-12(2)20-13(3)10-18)8-17-15(19)14-4-6-16-7-5-14/h4-7,11-13H,8-10H2,1-3H3,(H,17,19)/t11-,12-,13+/m0/s1. The van der Waals surface area contributed by atoms with Crippen molar-refractivity contribution in [2.45, 2.75) is 39.0 Å². The molecular formula is C15H23N3O2. The van der Waals surface area contributed by atoms with Gasteiger partial charge < -0.3 is 10.1 Å². The monoisotopic (exact) mass is 277 g/mol. The van der Waals surface area contributed by atoms with E-state index < -0.39 is 0 Å². The average Bonchev–Trinajstić information content (AvgIpc) is 2.44. The first-order valence-electron chi connectivity index (χ1n) is 7.14. The topological polar surface area (TPSA) is 54.5 Å². The second-order valence-electron chi connectivity index (χ2n) is 5.51. The molecule has 1 aromatic rings. The van der Waals surface area contributed by atoms with Gasteiger partial charge in [-0.3, -0.25) is 14.7 Å². The fourth-order valence-corrected chi connectivity index (χ4v) is 2.55. The molecule has 110 valence electrons. The van der Waals surface area contributed by atoms with Crippen LogP contribution in [0.1, 0.15) is 31.1 Å². The number of pyridine rings is 1. The Kier molecular flexibility index (Phi) is 5.09. The molecule has 5 heteroatoms. The number of rotatable bonds is 4. The molecule has 0 unspecified atom stereocenters. The van der Waals surface area contributed by atoms with Gasteiger partial charge in [0, 0.05) is 43.6 Å². The summed E-state index contributed by atoms with van der Waals surface area (Å²) in [6.07, 6.45) is 3.75. The lowest BCUT2D eigenvalue weighted by Gasteiger charge is -2.39. The van der Waals surface area contributed by atoms with E-state index in [-0.39, 0.29) is 18.1 Å². The van der Waals surface area contributed by atoms with Crippen LogP contribution in [0.2, 0.25) is 0 Å². The van der Waals surface area contributed by atoms with E-state index in [2.05, 4.69) is 36.0 Å². The van der Waals surface area contributed by atoms with Gasteiger partial charge >= 0.3 is 0 Å². The van der Waals surface area contributed by atoms with Crippen molar-refractivity contribution < 1.29 is 9.53 Å². The number of nitrogens with zero attached hydrogens (tertiary/aromatic N) is 2. The van der Waals surface area contributed by atoms with Crippen molar-refractivity contribution in [3.8, 4) is 0 Å². The predicted molar refractivity (Wildman–Crippen MR) is 77.6 cm³/mol. The molecule has 5 nitrogen and oxygen atoms in total. The second-order valence-corrected chi connectivity index (χ2v) is 5.51. The summed E-state index contributed by atoms with van der Waals surface area (Å²) in [7, 11) is 0. The maximum Gasteiger partial charge on any atom is 0.251 e. The molecule has 0 spiro atoms. The van der Waals surface area contributed by atoms with E-state index in [1.165, 1.54) is 0 Å². The van der Waals surface area contributed by atoms with Crippen LogP contribution in [0.3, 0.4) is 0 Å². The van der Waals surface area contributed by atoms with Gasteiger partial charge in [-0.15, -0.1) is 0 Å². The summed E-state index contributed by atoms with van der Waals surface area (Å²) in [6, 6.07) is 3.74. The van der Waals surface area contributed by atoms with Gasteiger partial charge in [0.2, 0.25) is 0 Å². The molecule has 2 rings (SSSR count). The lowest BCUT2D eigenvalue weighted by molar-refractivity contribution is -0.0778. The number of aromatic nitrogens is 1. The predicted octanol–water partition coefficient (Wildman–Crippen LogP) is 1.31. The Morgan fingerprint density at radius 1 is 1.40 bits per heavy atom. The highest BCUT2D eigenvalue weighted by Gasteiger charge is 2.25. The Labute approximate surface area is 120 Å². The largest absolute Gasteiger partial charge is 0.373 e. The molecule has 0 bridgehead atoms. The van der Waals surface area contributed by atoms with Gasteiger partial charge in [0.1, 0.15) is 0 Å². The third-order valence-corrected chi connectivity index (χ3v) is 3.57. The quantitative estimate of drug-likeness (QED) is 0.901. The van der Waals surface area contributed by atoms with Crippen LogP contribution in [0.4, 0.5) is 0 Å². The van der Waals surface area contributed by atoms with E-state index in [0.29, 0.717) is 18.2 Å². The zero-order chi connectivity index (χ0) is 14.5. The molecule has 1 amide bonds. The first-order valence-corrected chi connectivity index (χ1v) is 7.14. The summed E-state index contributed by atoms with van der Waals surface area (Å²) in [6.45, 7) is 8.78. The highest BCUT2D eigenvalue weighted by Crippen LogP contribution is 2.13. The summed E-state index contributed by atoms with van der Waals surface area (Å²) in [5.74, 6) is -0.0476. The number of carbonyl (C=O) groups excluding carboxylic acids is 1. The Morgan fingerprint density at radius 3 is 2.60 bits per heavy atom. The van der Waals surface area contributed by atoms with Crippen LogP contribution in [-0.2, 0) is 4.74 Å². The van der Waals surface area contributed by atoms with Gasteiger partial charge in [0.15, 0.2) is 0 Å². The van der Waals surface area contributed by atoms with Crippen molar-refractivity contribution >= 4 is 5.91 Å². The molecule has 0 radical (unpaired) electrons. The highest BCUT2D eigenvalue weighted by atomic mass is 16.5. The Morgan fingerprint density at radius 2 is 2.00 bits per heavy atom. The van der Waals surface area contributed by atoms with Gasteiger partial charge in [-0.1, -0.05) is 0 Å². The minimum absolute atomic E-state index is 0.0476. The van der Waals surface area contributed by atoms with Crippen molar-refractivity contribution in [3.05, 3.63) is 30.1 Å². The summed E-state index contributed by atoms with van der Waals surface area (Å²) < 4.78 is 5.73. The molecule has 3 atom stereocenters. The third-order valence-electron chi connectivity index (χ3n) is 3.57. The van der Waals surface area contributed by atoms with E-state index in [1.54, 1.807) is 24.5 Å². The molecule has 1 saturated heterocycles. The average molecular weight is 277 g/mol. The van der Waals surface area contributed by atoms with Crippen molar-refractivity contribution in [1.82, 2.24) is 15.2 Å². The van der Waals surface area contributed by atoms with Gasteiger partial charge in [0.05, 0.1) is 12.2 Å². The fourth-order valence-electron chi connectivity index (χ4n) is 2.55.